The standard InChI is InChI=1S/C21H25ClFN3O2/c1-15(21(27)24-19-8-7-17(22)13-18(19)23)25(2)14-16-5-3-4-6-20(16)26-9-11-28-12-10-26/h3-8,13,15H,9-12,14H2,1-2H3,(H,24,27)/t15-/m1/s1. The summed E-state index contributed by atoms with van der Waals surface area (Å²) in [4.78, 5) is 16.8. The predicted molar refractivity (Wildman–Crippen MR) is 110 cm³/mol. The van der Waals surface area contributed by atoms with Gasteiger partial charge in [-0.15, -0.1) is 0 Å². The van der Waals surface area contributed by atoms with Gasteiger partial charge in [0.15, 0.2) is 0 Å². The molecule has 1 N–H and O–H groups in total. The number of carbonyl (C=O) groups excluding carboxylic acids is 1. The fourth-order valence-electron chi connectivity index (χ4n) is 3.19. The summed E-state index contributed by atoms with van der Waals surface area (Å²) < 4.78 is 19.4. The number of para-hydroxylation sites is 1. The van der Waals surface area contributed by atoms with Crippen LogP contribution in [0, 0.1) is 5.82 Å². The molecule has 0 aromatic heterocycles. The summed E-state index contributed by atoms with van der Waals surface area (Å²) in [5.74, 6) is -0.819. The van der Waals surface area contributed by atoms with E-state index in [4.69, 9.17) is 16.3 Å². The third kappa shape index (κ3) is 5.01. The summed E-state index contributed by atoms with van der Waals surface area (Å²) in [6, 6.07) is 12.0. The lowest BCUT2D eigenvalue weighted by molar-refractivity contribution is -0.120. The molecule has 1 heterocycles. The van der Waals surface area contributed by atoms with Crippen LogP contribution in [-0.4, -0.2) is 50.2 Å². The summed E-state index contributed by atoms with van der Waals surface area (Å²) in [6.45, 7) is 5.55. The first kappa shape index (κ1) is 20.6. The number of morpholine rings is 1. The van der Waals surface area contributed by atoms with Crippen LogP contribution in [0.4, 0.5) is 15.8 Å². The van der Waals surface area contributed by atoms with E-state index in [0.717, 1.165) is 37.6 Å². The van der Waals surface area contributed by atoms with Gasteiger partial charge in [-0.2, -0.15) is 0 Å². The summed E-state index contributed by atoms with van der Waals surface area (Å²) in [5.41, 5.74) is 2.43. The van der Waals surface area contributed by atoms with Crippen molar-refractivity contribution in [3.63, 3.8) is 0 Å². The normalized spacial score (nSPS) is 15.5. The molecule has 1 saturated heterocycles. The number of nitrogens with one attached hydrogen (secondary N) is 1. The van der Waals surface area contributed by atoms with Gasteiger partial charge >= 0.3 is 0 Å². The van der Waals surface area contributed by atoms with Gasteiger partial charge in [0.2, 0.25) is 5.91 Å². The molecule has 2 aromatic rings. The zero-order valence-electron chi connectivity index (χ0n) is 16.1. The molecule has 1 aliphatic heterocycles. The minimum atomic E-state index is -0.548. The van der Waals surface area contributed by atoms with Gasteiger partial charge in [0.1, 0.15) is 5.82 Å². The van der Waals surface area contributed by atoms with E-state index in [9.17, 15) is 9.18 Å². The number of hydrogen-bond donors (Lipinski definition) is 1. The Morgan fingerprint density at radius 2 is 2.00 bits per heavy atom. The number of carbonyl (C=O) groups is 1. The van der Waals surface area contributed by atoms with Gasteiger partial charge in [0.05, 0.1) is 24.9 Å². The molecule has 0 bridgehead atoms. The number of halogens is 2. The van der Waals surface area contributed by atoms with Crippen LogP contribution >= 0.6 is 11.6 Å². The summed E-state index contributed by atoms with van der Waals surface area (Å²) >= 11 is 5.76. The lowest BCUT2D eigenvalue weighted by Crippen LogP contribution is -2.40. The highest BCUT2D eigenvalue weighted by atomic mass is 35.5. The zero-order chi connectivity index (χ0) is 20.1. The maximum atomic E-state index is 14.0. The Kier molecular flexibility index (Phi) is 6.88. The van der Waals surface area contributed by atoms with Crippen molar-refractivity contribution in [3.8, 4) is 0 Å². The Labute approximate surface area is 170 Å². The highest BCUT2D eigenvalue weighted by Crippen LogP contribution is 2.24. The van der Waals surface area contributed by atoms with Gasteiger partial charge in [-0.1, -0.05) is 29.8 Å². The third-order valence-electron chi connectivity index (χ3n) is 4.99. The fraction of sp³-hybridized carbons (Fsp3) is 0.381. The second-order valence-electron chi connectivity index (χ2n) is 6.93. The second-order valence-corrected chi connectivity index (χ2v) is 7.37. The maximum absolute atomic E-state index is 14.0. The Balaban J connectivity index is 1.67. The average molecular weight is 406 g/mol. The topological polar surface area (TPSA) is 44.8 Å². The molecule has 0 aliphatic carbocycles. The first-order valence-corrected chi connectivity index (χ1v) is 9.70. The molecule has 0 radical (unpaired) electrons. The molecule has 1 amide bonds. The van der Waals surface area contributed by atoms with Crippen LogP contribution in [-0.2, 0) is 16.1 Å². The van der Waals surface area contributed by atoms with E-state index < -0.39 is 11.9 Å². The Morgan fingerprint density at radius 1 is 1.29 bits per heavy atom. The third-order valence-corrected chi connectivity index (χ3v) is 5.23. The molecule has 1 aliphatic rings. The van der Waals surface area contributed by atoms with Crippen molar-refractivity contribution in [2.75, 3.05) is 43.6 Å². The van der Waals surface area contributed by atoms with Crippen molar-refractivity contribution in [1.82, 2.24) is 4.90 Å². The van der Waals surface area contributed by atoms with Crippen LogP contribution in [0.5, 0.6) is 0 Å². The second kappa shape index (κ2) is 9.37. The first-order chi connectivity index (χ1) is 13.5. The molecule has 150 valence electrons. The van der Waals surface area contributed by atoms with Gasteiger partial charge in [-0.25, -0.2) is 4.39 Å². The number of ether oxygens (including phenoxy) is 1. The van der Waals surface area contributed by atoms with E-state index in [0.29, 0.717) is 11.6 Å². The molecule has 5 nitrogen and oxygen atoms in total. The minimum Gasteiger partial charge on any atom is -0.378 e. The van der Waals surface area contributed by atoms with Crippen molar-refractivity contribution in [2.24, 2.45) is 0 Å². The maximum Gasteiger partial charge on any atom is 0.241 e. The van der Waals surface area contributed by atoms with E-state index in [-0.39, 0.29) is 11.6 Å². The van der Waals surface area contributed by atoms with Crippen LogP contribution in [0.3, 0.4) is 0 Å². The summed E-state index contributed by atoms with van der Waals surface area (Å²) in [7, 11) is 1.89. The van der Waals surface area contributed by atoms with Crippen molar-refractivity contribution in [2.45, 2.75) is 19.5 Å². The number of nitrogens with zero attached hydrogens (tertiary/aromatic N) is 2. The average Bonchev–Trinajstić information content (AvgIpc) is 2.70. The van der Waals surface area contributed by atoms with Gasteiger partial charge in [0, 0.05) is 30.3 Å². The molecule has 0 saturated carbocycles. The molecule has 1 fully saturated rings. The molecule has 3 rings (SSSR count). The Morgan fingerprint density at radius 3 is 2.71 bits per heavy atom. The first-order valence-electron chi connectivity index (χ1n) is 9.32. The molecule has 2 aromatic carbocycles. The highest BCUT2D eigenvalue weighted by Gasteiger charge is 2.21. The van der Waals surface area contributed by atoms with Crippen LogP contribution in [0.15, 0.2) is 42.5 Å². The fourth-order valence-corrected chi connectivity index (χ4v) is 3.35. The molecular weight excluding hydrogens is 381 g/mol. The van der Waals surface area contributed by atoms with Gasteiger partial charge in [-0.3, -0.25) is 9.69 Å². The zero-order valence-corrected chi connectivity index (χ0v) is 16.9. The van der Waals surface area contributed by atoms with Crippen molar-refractivity contribution in [1.29, 1.82) is 0 Å². The number of amides is 1. The highest BCUT2D eigenvalue weighted by molar-refractivity contribution is 6.30. The van der Waals surface area contributed by atoms with Crippen molar-refractivity contribution in [3.05, 3.63) is 58.9 Å². The van der Waals surface area contributed by atoms with Crippen LogP contribution < -0.4 is 10.2 Å². The summed E-state index contributed by atoms with van der Waals surface area (Å²) in [5, 5.41) is 2.93. The van der Waals surface area contributed by atoms with Gasteiger partial charge in [-0.05, 0) is 43.8 Å². The monoisotopic (exact) mass is 405 g/mol. The minimum absolute atomic E-state index is 0.128. The van der Waals surface area contributed by atoms with Gasteiger partial charge in [0.25, 0.3) is 0 Å². The largest absolute Gasteiger partial charge is 0.378 e. The van der Waals surface area contributed by atoms with Crippen molar-refractivity contribution < 1.29 is 13.9 Å². The number of hydrogen-bond acceptors (Lipinski definition) is 4. The molecule has 7 heteroatoms. The Hall–Kier alpha value is -2.15. The number of rotatable bonds is 6. The number of benzene rings is 2. The Bertz CT molecular complexity index is 827. The van der Waals surface area contributed by atoms with E-state index in [1.807, 2.05) is 24.1 Å². The van der Waals surface area contributed by atoms with Crippen LogP contribution in [0.2, 0.25) is 5.02 Å². The number of anilines is 2. The lowest BCUT2D eigenvalue weighted by Gasteiger charge is -2.32. The molecular formula is C21H25ClFN3O2. The quantitative estimate of drug-likeness (QED) is 0.794. The molecule has 0 unspecified atom stereocenters. The van der Waals surface area contributed by atoms with E-state index in [2.05, 4.69) is 22.3 Å². The lowest BCUT2D eigenvalue weighted by atomic mass is 10.1. The predicted octanol–water partition coefficient (Wildman–Crippen LogP) is 3.77. The summed E-state index contributed by atoms with van der Waals surface area (Å²) in [6.07, 6.45) is 0. The van der Waals surface area contributed by atoms with Crippen LogP contribution in [0.25, 0.3) is 0 Å². The molecule has 28 heavy (non-hydrogen) atoms. The SMILES string of the molecule is C[C@H](C(=O)Nc1ccc(Cl)cc1F)N(C)Cc1ccccc1N1CCOCC1. The number of likely N-dealkylation sites (N-methyl/N-ethyl adjacent to an activating group) is 1. The smallest absolute Gasteiger partial charge is 0.241 e. The van der Waals surface area contributed by atoms with E-state index >= 15 is 0 Å². The van der Waals surface area contributed by atoms with Crippen LogP contribution in [0.1, 0.15) is 12.5 Å². The van der Waals surface area contributed by atoms with Gasteiger partial charge < -0.3 is 15.0 Å². The molecule has 0 spiro atoms. The molecule has 1 atom stereocenters. The van der Waals surface area contributed by atoms with E-state index in [1.165, 1.54) is 12.1 Å². The van der Waals surface area contributed by atoms with Crippen molar-refractivity contribution >= 4 is 28.9 Å². The van der Waals surface area contributed by atoms with E-state index in [1.54, 1.807) is 13.0 Å².